The molecule has 0 spiro atoms. The van der Waals surface area contributed by atoms with Crippen molar-refractivity contribution in [2.24, 2.45) is 0 Å². The van der Waals surface area contributed by atoms with Crippen LogP contribution in [0.15, 0.2) is 42.5 Å². The Morgan fingerprint density at radius 2 is 1.95 bits per heavy atom. The monoisotopic (exact) mass is 290 g/mol. The first-order valence-electron chi connectivity index (χ1n) is 6.33. The lowest BCUT2D eigenvalue weighted by molar-refractivity contribution is 0.855. The SMILES string of the molecule is CSCCCNC(=S)Nc1cccc2ccccc12. The number of benzene rings is 2. The number of rotatable bonds is 5. The van der Waals surface area contributed by atoms with Crippen molar-refractivity contribution in [3.8, 4) is 0 Å². The molecule has 2 rings (SSSR count). The molecule has 0 aromatic heterocycles. The molecule has 0 radical (unpaired) electrons. The topological polar surface area (TPSA) is 24.1 Å². The fraction of sp³-hybridized carbons (Fsp3) is 0.267. The molecule has 0 fully saturated rings. The Kier molecular flexibility index (Phi) is 5.48. The number of hydrogen-bond donors (Lipinski definition) is 2. The Balaban J connectivity index is 1.99. The summed E-state index contributed by atoms with van der Waals surface area (Å²) in [4.78, 5) is 0. The highest BCUT2D eigenvalue weighted by molar-refractivity contribution is 7.98. The van der Waals surface area contributed by atoms with Gasteiger partial charge in [-0.15, -0.1) is 0 Å². The van der Waals surface area contributed by atoms with E-state index in [1.54, 1.807) is 0 Å². The quantitative estimate of drug-likeness (QED) is 0.644. The molecule has 2 aromatic rings. The lowest BCUT2D eigenvalue weighted by Gasteiger charge is -2.12. The number of fused-ring (bicyclic) bond motifs is 1. The lowest BCUT2D eigenvalue weighted by Crippen LogP contribution is -2.29. The summed E-state index contributed by atoms with van der Waals surface area (Å²) in [7, 11) is 0. The number of hydrogen-bond acceptors (Lipinski definition) is 2. The predicted molar refractivity (Wildman–Crippen MR) is 91.2 cm³/mol. The predicted octanol–water partition coefficient (Wildman–Crippen LogP) is 3.88. The van der Waals surface area contributed by atoms with Crippen LogP contribution in [0.1, 0.15) is 6.42 Å². The van der Waals surface area contributed by atoms with Crippen LogP contribution in [0.2, 0.25) is 0 Å². The highest BCUT2D eigenvalue weighted by Gasteiger charge is 2.01. The molecule has 0 aliphatic rings. The molecule has 0 saturated carbocycles. The van der Waals surface area contributed by atoms with Gasteiger partial charge in [0.1, 0.15) is 0 Å². The van der Waals surface area contributed by atoms with Crippen LogP contribution in [0.3, 0.4) is 0 Å². The van der Waals surface area contributed by atoms with Crippen molar-refractivity contribution in [1.29, 1.82) is 0 Å². The second-order valence-corrected chi connectivity index (χ2v) is 5.65. The van der Waals surface area contributed by atoms with Gasteiger partial charge in [0.05, 0.1) is 0 Å². The molecule has 19 heavy (non-hydrogen) atoms. The minimum Gasteiger partial charge on any atom is -0.362 e. The molecular formula is C15H18N2S2. The van der Waals surface area contributed by atoms with Gasteiger partial charge in [0.15, 0.2) is 5.11 Å². The molecule has 0 unspecified atom stereocenters. The summed E-state index contributed by atoms with van der Waals surface area (Å²) in [5.74, 6) is 1.16. The van der Waals surface area contributed by atoms with Crippen LogP contribution < -0.4 is 10.6 Å². The highest BCUT2D eigenvalue weighted by Crippen LogP contribution is 2.22. The van der Waals surface area contributed by atoms with E-state index in [1.165, 1.54) is 10.8 Å². The van der Waals surface area contributed by atoms with Crippen LogP contribution in [0, 0.1) is 0 Å². The van der Waals surface area contributed by atoms with Crippen molar-refractivity contribution in [1.82, 2.24) is 5.32 Å². The van der Waals surface area contributed by atoms with Crippen molar-refractivity contribution in [2.45, 2.75) is 6.42 Å². The standard InChI is InChI=1S/C15H18N2S2/c1-19-11-5-10-16-15(18)17-14-9-4-7-12-6-2-3-8-13(12)14/h2-4,6-9H,5,10-11H2,1H3,(H2,16,17,18). The summed E-state index contributed by atoms with van der Waals surface area (Å²) in [6.45, 7) is 0.914. The third-order valence-corrected chi connectivity index (χ3v) is 3.79. The normalized spacial score (nSPS) is 10.4. The number of nitrogens with one attached hydrogen (secondary N) is 2. The largest absolute Gasteiger partial charge is 0.362 e. The minimum absolute atomic E-state index is 0.692. The second-order valence-electron chi connectivity index (χ2n) is 4.25. The Morgan fingerprint density at radius 1 is 1.16 bits per heavy atom. The molecular weight excluding hydrogens is 272 g/mol. The molecule has 0 amide bonds. The van der Waals surface area contributed by atoms with E-state index in [9.17, 15) is 0 Å². The van der Waals surface area contributed by atoms with Crippen LogP contribution in [-0.2, 0) is 0 Å². The fourth-order valence-electron chi connectivity index (χ4n) is 1.92. The van der Waals surface area contributed by atoms with Gasteiger partial charge in [0.25, 0.3) is 0 Å². The average Bonchev–Trinajstić information content (AvgIpc) is 2.44. The summed E-state index contributed by atoms with van der Waals surface area (Å²) >= 11 is 7.18. The second kappa shape index (κ2) is 7.36. The first-order valence-corrected chi connectivity index (χ1v) is 8.13. The van der Waals surface area contributed by atoms with Crippen LogP contribution >= 0.6 is 24.0 Å². The summed E-state index contributed by atoms with van der Waals surface area (Å²) < 4.78 is 0. The molecule has 0 aliphatic carbocycles. The fourth-order valence-corrected chi connectivity index (χ4v) is 2.56. The van der Waals surface area contributed by atoms with E-state index in [1.807, 2.05) is 30.0 Å². The van der Waals surface area contributed by atoms with Gasteiger partial charge in [-0.2, -0.15) is 11.8 Å². The summed E-state index contributed by atoms with van der Waals surface area (Å²) in [5.41, 5.74) is 1.06. The molecule has 0 aliphatic heterocycles. The summed E-state index contributed by atoms with van der Waals surface area (Å²) in [6, 6.07) is 14.5. The first kappa shape index (κ1) is 14.2. The Morgan fingerprint density at radius 3 is 2.79 bits per heavy atom. The third-order valence-electron chi connectivity index (χ3n) is 2.85. The maximum absolute atomic E-state index is 5.32. The zero-order chi connectivity index (χ0) is 13.5. The van der Waals surface area contributed by atoms with E-state index in [-0.39, 0.29) is 0 Å². The molecule has 2 aromatic carbocycles. The molecule has 0 bridgehead atoms. The highest BCUT2D eigenvalue weighted by atomic mass is 32.2. The van der Waals surface area contributed by atoms with E-state index >= 15 is 0 Å². The third kappa shape index (κ3) is 4.11. The zero-order valence-corrected chi connectivity index (χ0v) is 12.6. The number of anilines is 1. The Hall–Kier alpha value is -1.26. The van der Waals surface area contributed by atoms with Crippen molar-refractivity contribution in [2.75, 3.05) is 23.9 Å². The number of thioether (sulfide) groups is 1. The van der Waals surface area contributed by atoms with Crippen molar-refractivity contribution in [3.05, 3.63) is 42.5 Å². The van der Waals surface area contributed by atoms with Gasteiger partial charge >= 0.3 is 0 Å². The maximum Gasteiger partial charge on any atom is 0.170 e. The molecule has 0 atom stereocenters. The molecule has 0 heterocycles. The van der Waals surface area contributed by atoms with E-state index < -0.39 is 0 Å². The average molecular weight is 290 g/mol. The van der Waals surface area contributed by atoms with Crippen LogP contribution in [-0.4, -0.2) is 23.7 Å². The summed E-state index contributed by atoms with van der Waals surface area (Å²) in [5, 5.41) is 9.62. The van der Waals surface area contributed by atoms with Crippen LogP contribution in [0.4, 0.5) is 5.69 Å². The Labute approximate surface area is 124 Å². The maximum atomic E-state index is 5.32. The molecule has 4 heteroatoms. The molecule has 100 valence electrons. The van der Waals surface area contributed by atoms with E-state index in [4.69, 9.17) is 12.2 Å². The van der Waals surface area contributed by atoms with E-state index in [0.29, 0.717) is 5.11 Å². The minimum atomic E-state index is 0.692. The van der Waals surface area contributed by atoms with Crippen molar-refractivity contribution in [3.63, 3.8) is 0 Å². The molecule has 0 saturated heterocycles. The molecule has 2 nitrogen and oxygen atoms in total. The van der Waals surface area contributed by atoms with Gasteiger partial charge < -0.3 is 10.6 Å². The summed E-state index contributed by atoms with van der Waals surface area (Å²) in [6.07, 6.45) is 3.24. The van der Waals surface area contributed by atoms with Gasteiger partial charge in [-0.05, 0) is 42.1 Å². The van der Waals surface area contributed by atoms with Gasteiger partial charge in [0, 0.05) is 17.6 Å². The van der Waals surface area contributed by atoms with Gasteiger partial charge in [-0.25, -0.2) is 0 Å². The van der Waals surface area contributed by atoms with Gasteiger partial charge in [0.2, 0.25) is 0 Å². The van der Waals surface area contributed by atoms with Crippen molar-refractivity contribution < 1.29 is 0 Å². The Bertz CT molecular complexity index is 549. The van der Waals surface area contributed by atoms with Crippen LogP contribution in [0.5, 0.6) is 0 Å². The first-order chi connectivity index (χ1) is 9.31. The zero-order valence-electron chi connectivity index (χ0n) is 11.0. The van der Waals surface area contributed by atoms with Gasteiger partial charge in [-0.3, -0.25) is 0 Å². The molecule has 2 N–H and O–H groups in total. The van der Waals surface area contributed by atoms with Crippen LogP contribution in [0.25, 0.3) is 10.8 Å². The van der Waals surface area contributed by atoms with Crippen molar-refractivity contribution >= 4 is 45.6 Å². The number of thiocarbonyl (C=S) groups is 1. The van der Waals surface area contributed by atoms with E-state index in [2.05, 4.69) is 41.2 Å². The van der Waals surface area contributed by atoms with Gasteiger partial charge in [-0.1, -0.05) is 36.4 Å². The lowest BCUT2D eigenvalue weighted by atomic mass is 10.1. The van der Waals surface area contributed by atoms with E-state index in [0.717, 1.165) is 24.4 Å². The smallest absolute Gasteiger partial charge is 0.170 e.